The molecule has 1 saturated carbocycles. The van der Waals surface area contributed by atoms with Crippen molar-refractivity contribution in [3.05, 3.63) is 24.3 Å². The van der Waals surface area contributed by atoms with E-state index in [9.17, 15) is 8.42 Å². The van der Waals surface area contributed by atoms with Crippen LogP contribution >= 0.6 is 0 Å². The van der Waals surface area contributed by atoms with Crippen molar-refractivity contribution in [2.75, 3.05) is 26.8 Å². The third-order valence-electron chi connectivity index (χ3n) is 3.63. The summed E-state index contributed by atoms with van der Waals surface area (Å²) >= 11 is 0. The van der Waals surface area contributed by atoms with E-state index >= 15 is 0 Å². The summed E-state index contributed by atoms with van der Waals surface area (Å²) in [6.45, 7) is 0.725. The number of hydrogen-bond acceptors (Lipinski definition) is 4. The highest BCUT2D eigenvalue weighted by Gasteiger charge is 2.26. The highest BCUT2D eigenvalue weighted by atomic mass is 32.2. The molecule has 0 aliphatic heterocycles. The number of aliphatic hydroxyl groups is 1. The zero-order valence-electron chi connectivity index (χ0n) is 11.7. The minimum Gasteiger partial charge on any atom is -0.491 e. The van der Waals surface area contributed by atoms with Crippen LogP contribution in [0.3, 0.4) is 0 Å². The van der Waals surface area contributed by atoms with Crippen molar-refractivity contribution in [3.8, 4) is 5.75 Å². The molecule has 1 aliphatic rings. The normalized spacial score (nSPS) is 16.1. The Balaban J connectivity index is 2.04. The van der Waals surface area contributed by atoms with Crippen LogP contribution in [0.5, 0.6) is 5.75 Å². The molecule has 0 amide bonds. The lowest BCUT2D eigenvalue weighted by molar-refractivity contribution is 0.201. The fraction of sp³-hybridized carbons (Fsp3) is 0.571. The Bertz CT molecular complexity index is 523. The quantitative estimate of drug-likeness (QED) is 0.828. The highest BCUT2D eigenvalue weighted by molar-refractivity contribution is 7.89. The molecule has 5 nitrogen and oxygen atoms in total. The van der Waals surface area contributed by atoms with Crippen molar-refractivity contribution in [2.24, 2.45) is 5.92 Å². The standard InChI is InChI=1S/C14H21NO4S/c1-15(11-12-3-2-4-12)20(17,18)14-7-5-13(6-8-14)19-10-9-16/h5-8,12,16H,2-4,9-11H2,1H3. The van der Waals surface area contributed by atoms with Gasteiger partial charge in [-0.15, -0.1) is 0 Å². The highest BCUT2D eigenvalue weighted by Crippen LogP contribution is 2.28. The van der Waals surface area contributed by atoms with Gasteiger partial charge in [-0.1, -0.05) is 6.42 Å². The fourth-order valence-electron chi connectivity index (χ4n) is 2.19. The first kappa shape index (κ1) is 15.3. The Kier molecular flexibility index (Phi) is 5.01. The smallest absolute Gasteiger partial charge is 0.242 e. The summed E-state index contributed by atoms with van der Waals surface area (Å²) in [6, 6.07) is 6.30. The van der Waals surface area contributed by atoms with E-state index in [1.807, 2.05) is 0 Å². The molecular formula is C14H21NO4S. The third kappa shape index (κ3) is 3.50. The van der Waals surface area contributed by atoms with Crippen LogP contribution in [0.2, 0.25) is 0 Å². The predicted octanol–water partition coefficient (Wildman–Crippen LogP) is 1.48. The summed E-state index contributed by atoms with van der Waals surface area (Å²) in [5.41, 5.74) is 0. The van der Waals surface area contributed by atoms with Gasteiger partial charge in [0, 0.05) is 13.6 Å². The molecule has 20 heavy (non-hydrogen) atoms. The van der Waals surface area contributed by atoms with E-state index in [-0.39, 0.29) is 18.1 Å². The molecule has 1 aliphatic carbocycles. The van der Waals surface area contributed by atoms with Crippen LogP contribution in [-0.4, -0.2) is 44.6 Å². The Morgan fingerprint density at radius 2 is 1.95 bits per heavy atom. The SMILES string of the molecule is CN(CC1CCC1)S(=O)(=O)c1ccc(OCCO)cc1. The van der Waals surface area contributed by atoms with Crippen LogP contribution < -0.4 is 4.74 Å². The minimum atomic E-state index is -3.42. The average Bonchev–Trinajstić information content (AvgIpc) is 2.40. The molecular weight excluding hydrogens is 278 g/mol. The van der Waals surface area contributed by atoms with Gasteiger partial charge in [-0.05, 0) is 43.0 Å². The molecule has 1 N–H and O–H groups in total. The topological polar surface area (TPSA) is 66.8 Å². The largest absolute Gasteiger partial charge is 0.491 e. The lowest BCUT2D eigenvalue weighted by Crippen LogP contribution is -2.34. The molecule has 6 heteroatoms. The first-order valence-corrected chi connectivity index (χ1v) is 8.28. The maximum absolute atomic E-state index is 12.4. The molecule has 0 unspecified atom stereocenters. The third-order valence-corrected chi connectivity index (χ3v) is 5.47. The van der Waals surface area contributed by atoms with E-state index < -0.39 is 10.0 Å². The average molecular weight is 299 g/mol. The molecule has 1 aromatic carbocycles. The van der Waals surface area contributed by atoms with E-state index in [4.69, 9.17) is 9.84 Å². The van der Waals surface area contributed by atoms with E-state index in [1.165, 1.54) is 10.7 Å². The second kappa shape index (κ2) is 6.56. The molecule has 112 valence electrons. The summed E-state index contributed by atoms with van der Waals surface area (Å²) in [4.78, 5) is 0.274. The van der Waals surface area contributed by atoms with Crippen molar-refractivity contribution >= 4 is 10.0 Å². The van der Waals surface area contributed by atoms with E-state index in [0.717, 1.165) is 12.8 Å². The maximum atomic E-state index is 12.4. The summed E-state index contributed by atoms with van der Waals surface area (Å²) in [5.74, 6) is 1.06. The number of nitrogens with zero attached hydrogens (tertiary/aromatic N) is 1. The lowest BCUT2D eigenvalue weighted by Gasteiger charge is -2.29. The van der Waals surface area contributed by atoms with Gasteiger partial charge in [0.05, 0.1) is 11.5 Å². The molecule has 0 heterocycles. The molecule has 1 fully saturated rings. The molecule has 0 atom stereocenters. The van der Waals surface area contributed by atoms with Crippen molar-refractivity contribution in [1.82, 2.24) is 4.31 Å². The predicted molar refractivity (Wildman–Crippen MR) is 76.2 cm³/mol. The number of benzene rings is 1. The van der Waals surface area contributed by atoms with Gasteiger partial charge in [-0.2, -0.15) is 0 Å². The van der Waals surface area contributed by atoms with E-state index in [0.29, 0.717) is 18.2 Å². The second-order valence-electron chi connectivity index (χ2n) is 5.13. The number of rotatable bonds is 7. The maximum Gasteiger partial charge on any atom is 0.242 e. The van der Waals surface area contributed by atoms with Crippen LogP contribution in [-0.2, 0) is 10.0 Å². The van der Waals surface area contributed by atoms with Crippen molar-refractivity contribution in [1.29, 1.82) is 0 Å². The van der Waals surface area contributed by atoms with Gasteiger partial charge in [0.2, 0.25) is 10.0 Å². The van der Waals surface area contributed by atoms with E-state index in [1.54, 1.807) is 31.3 Å². The molecule has 0 spiro atoms. The van der Waals surface area contributed by atoms with Gasteiger partial charge >= 0.3 is 0 Å². The van der Waals surface area contributed by atoms with Gasteiger partial charge in [-0.25, -0.2) is 12.7 Å². The number of aliphatic hydroxyl groups excluding tert-OH is 1. The zero-order chi connectivity index (χ0) is 14.6. The fourth-order valence-corrected chi connectivity index (χ4v) is 3.44. The van der Waals surface area contributed by atoms with Crippen molar-refractivity contribution in [2.45, 2.75) is 24.2 Å². The number of ether oxygens (including phenoxy) is 1. The Morgan fingerprint density at radius 3 is 2.45 bits per heavy atom. The van der Waals surface area contributed by atoms with Gasteiger partial charge in [0.25, 0.3) is 0 Å². The van der Waals surface area contributed by atoms with Gasteiger partial charge < -0.3 is 9.84 Å². The van der Waals surface area contributed by atoms with Crippen molar-refractivity contribution < 1.29 is 18.3 Å². The zero-order valence-corrected chi connectivity index (χ0v) is 12.5. The van der Waals surface area contributed by atoms with Crippen LogP contribution in [0.25, 0.3) is 0 Å². The van der Waals surface area contributed by atoms with Gasteiger partial charge in [0.15, 0.2) is 0 Å². The monoisotopic (exact) mass is 299 g/mol. The Hall–Kier alpha value is -1.11. The summed E-state index contributed by atoms with van der Waals surface area (Å²) < 4.78 is 31.4. The first-order chi connectivity index (χ1) is 9.54. The number of hydrogen-bond donors (Lipinski definition) is 1. The lowest BCUT2D eigenvalue weighted by atomic mass is 9.86. The summed E-state index contributed by atoms with van der Waals surface area (Å²) in [7, 11) is -1.79. The number of sulfonamides is 1. The van der Waals surface area contributed by atoms with Crippen LogP contribution in [0.1, 0.15) is 19.3 Å². The van der Waals surface area contributed by atoms with Crippen molar-refractivity contribution in [3.63, 3.8) is 0 Å². The molecule has 0 bridgehead atoms. The molecule has 2 rings (SSSR count). The summed E-state index contributed by atoms with van der Waals surface area (Å²) in [5, 5.41) is 8.67. The second-order valence-corrected chi connectivity index (χ2v) is 7.17. The Morgan fingerprint density at radius 1 is 1.30 bits per heavy atom. The molecule has 0 aromatic heterocycles. The van der Waals surface area contributed by atoms with Crippen LogP contribution in [0, 0.1) is 5.92 Å². The molecule has 0 radical (unpaired) electrons. The first-order valence-electron chi connectivity index (χ1n) is 6.84. The molecule has 1 aromatic rings. The minimum absolute atomic E-state index is 0.0653. The van der Waals surface area contributed by atoms with Crippen LogP contribution in [0.15, 0.2) is 29.2 Å². The molecule has 0 saturated heterocycles. The summed E-state index contributed by atoms with van der Waals surface area (Å²) in [6.07, 6.45) is 3.44. The Labute approximate surface area is 120 Å². The van der Waals surface area contributed by atoms with Gasteiger partial charge in [-0.3, -0.25) is 0 Å². The van der Waals surface area contributed by atoms with Crippen LogP contribution in [0.4, 0.5) is 0 Å². The van der Waals surface area contributed by atoms with Gasteiger partial charge in [0.1, 0.15) is 12.4 Å². The van der Waals surface area contributed by atoms with E-state index in [2.05, 4.69) is 0 Å².